The number of amides is 2. The number of hydrogen-bond acceptors (Lipinski definition) is 3. The van der Waals surface area contributed by atoms with Crippen LogP contribution < -0.4 is 10.6 Å². The monoisotopic (exact) mass is 528 g/mol. The lowest BCUT2D eigenvalue weighted by Gasteiger charge is -2.58. The van der Waals surface area contributed by atoms with Gasteiger partial charge in [0.2, 0.25) is 5.91 Å². The number of carbonyl (C=O) groups is 2. The Bertz CT molecular complexity index is 868. The predicted molar refractivity (Wildman–Crippen MR) is 155 cm³/mol. The van der Waals surface area contributed by atoms with Crippen molar-refractivity contribution in [1.82, 2.24) is 10.6 Å². The van der Waals surface area contributed by atoms with Gasteiger partial charge in [0.15, 0.2) is 0 Å². The summed E-state index contributed by atoms with van der Waals surface area (Å²) in [5, 5.41) is 5.58. The van der Waals surface area contributed by atoms with Crippen LogP contribution in [0.5, 0.6) is 0 Å². The molecule has 8 atom stereocenters. The average molecular weight is 529 g/mol. The van der Waals surface area contributed by atoms with Gasteiger partial charge in [-0.05, 0) is 91.3 Å². The molecule has 0 aromatic rings. The van der Waals surface area contributed by atoms with Crippen LogP contribution in [0.1, 0.15) is 119 Å². The zero-order valence-electron chi connectivity index (χ0n) is 25.2. The van der Waals surface area contributed by atoms with Crippen LogP contribution in [-0.4, -0.2) is 31.2 Å². The molecule has 0 aromatic carbocycles. The molecule has 4 aliphatic rings. The molecule has 5 heteroatoms. The van der Waals surface area contributed by atoms with Crippen LogP contribution >= 0.6 is 0 Å². The molecule has 0 radical (unpaired) electrons. The van der Waals surface area contributed by atoms with Crippen molar-refractivity contribution in [3.8, 4) is 0 Å². The molecular formula is C33H56N2O3. The van der Waals surface area contributed by atoms with Crippen molar-refractivity contribution in [1.29, 1.82) is 0 Å². The smallest absolute Gasteiger partial charge is 0.407 e. The second kappa shape index (κ2) is 12.3. The van der Waals surface area contributed by atoms with Crippen molar-refractivity contribution >= 4 is 12.0 Å². The number of ether oxygens (including phenoxy) is 1. The summed E-state index contributed by atoms with van der Waals surface area (Å²) in [4.78, 5) is 23.7. The lowest BCUT2D eigenvalue weighted by molar-refractivity contribution is -0.120. The van der Waals surface area contributed by atoms with E-state index in [1.165, 1.54) is 51.4 Å². The van der Waals surface area contributed by atoms with Gasteiger partial charge >= 0.3 is 6.09 Å². The molecule has 3 saturated carbocycles. The van der Waals surface area contributed by atoms with Gasteiger partial charge in [-0.1, -0.05) is 72.5 Å². The Balaban J connectivity index is 1.33. The molecule has 4 rings (SSSR count). The lowest BCUT2D eigenvalue weighted by atomic mass is 9.47. The number of nitrogens with one attached hydrogen (secondary N) is 2. The fourth-order valence-electron chi connectivity index (χ4n) is 9.44. The first-order valence-electron chi connectivity index (χ1n) is 16.0. The Labute approximate surface area is 232 Å². The molecule has 0 bridgehead atoms. The highest BCUT2D eigenvalue weighted by atomic mass is 16.6. The maximum absolute atomic E-state index is 12.4. The second-order valence-electron chi connectivity index (χ2n) is 14.2. The Morgan fingerprint density at radius 3 is 2.50 bits per heavy atom. The zero-order valence-corrected chi connectivity index (χ0v) is 25.2. The van der Waals surface area contributed by atoms with E-state index in [4.69, 9.17) is 4.74 Å². The van der Waals surface area contributed by atoms with E-state index < -0.39 is 0 Å². The van der Waals surface area contributed by atoms with Crippen molar-refractivity contribution in [2.24, 2.45) is 46.3 Å². The van der Waals surface area contributed by atoms with Gasteiger partial charge in [-0.2, -0.15) is 0 Å². The van der Waals surface area contributed by atoms with Gasteiger partial charge in [-0.15, -0.1) is 0 Å². The molecule has 0 spiro atoms. The number of allylic oxidation sites excluding steroid dienone is 1. The molecule has 0 aliphatic heterocycles. The fraction of sp³-hybridized carbons (Fsp3) is 0.879. The summed E-state index contributed by atoms with van der Waals surface area (Å²) in [7, 11) is 0. The van der Waals surface area contributed by atoms with E-state index in [1.807, 2.05) is 6.92 Å². The summed E-state index contributed by atoms with van der Waals surface area (Å²) < 4.78 is 5.82. The normalized spacial score (nSPS) is 36.9. The van der Waals surface area contributed by atoms with Gasteiger partial charge in [-0.25, -0.2) is 4.79 Å². The minimum atomic E-state index is -0.355. The first kappa shape index (κ1) is 29.5. The summed E-state index contributed by atoms with van der Waals surface area (Å²) in [6.45, 7) is 15.1. The van der Waals surface area contributed by atoms with Crippen molar-refractivity contribution in [3.63, 3.8) is 0 Å². The van der Waals surface area contributed by atoms with Crippen LogP contribution in [0.15, 0.2) is 11.6 Å². The van der Waals surface area contributed by atoms with Crippen LogP contribution in [0, 0.1) is 46.3 Å². The number of fused-ring (bicyclic) bond motifs is 5. The highest BCUT2D eigenvalue weighted by Crippen LogP contribution is 2.67. The van der Waals surface area contributed by atoms with Gasteiger partial charge in [0.25, 0.3) is 0 Å². The first-order valence-corrected chi connectivity index (χ1v) is 16.0. The molecule has 5 nitrogen and oxygen atoms in total. The molecule has 2 N–H and O–H groups in total. The second-order valence-corrected chi connectivity index (χ2v) is 14.2. The summed E-state index contributed by atoms with van der Waals surface area (Å²) >= 11 is 0. The minimum absolute atomic E-state index is 0.00146. The van der Waals surface area contributed by atoms with E-state index >= 15 is 0 Å². The van der Waals surface area contributed by atoms with E-state index in [2.05, 4.69) is 51.3 Å². The summed E-state index contributed by atoms with van der Waals surface area (Å²) in [5.74, 6) is 5.07. The van der Waals surface area contributed by atoms with Crippen molar-refractivity contribution in [2.75, 3.05) is 13.1 Å². The molecule has 3 fully saturated rings. The number of alkyl carbamates (subject to hydrolysis) is 1. The Morgan fingerprint density at radius 2 is 1.76 bits per heavy atom. The third-order valence-corrected chi connectivity index (χ3v) is 11.6. The van der Waals surface area contributed by atoms with Gasteiger partial charge in [-0.3, -0.25) is 4.79 Å². The SMILES string of the molecule is CCC(=O)NCCNC(=O)O[C@H]1CC[C@@]2(C)C(=CC[C@H]3[C@@H]4CC[C@H](C(C)CCCC(C)C)[C@@]4(C)CC[C@@H]32)C1. The summed E-state index contributed by atoms with van der Waals surface area (Å²) in [5.41, 5.74) is 2.35. The molecule has 0 saturated heterocycles. The van der Waals surface area contributed by atoms with Crippen molar-refractivity contribution in [2.45, 2.75) is 125 Å². The summed E-state index contributed by atoms with van der Waals surface area (Å²) in [6, 6.07) is 0. The van der Waals surface area contributed by atoms with E-state index in [1.54, 1.807) is 5.57 Å². The van der Waals surface area contributed by atoms with E-state index in [0.29, 0.717) is 24.9 Å². The molecule has 38 heavy (non-hydrogen) atoms. The van der Waals surface area contributed by atoms with Crippen molar-refractivity contribution in [3.05, 3.63) is 11.6 Å². The van der Waals surface area contributed by atoms with E-state index in [9.17, 15) is 9.59 Å². The van der Waals surface area contributed by atoms with Gasteiger partial charge < -0.3 is 15.4 Å². The van der Waals surface area contributed by atoms with Crippen LogP contribution in [0.25, 0.3) is 0 Å². The third-order valence-electron chi connectivity index (χ3n) is 11.6. The third kappa shape index (κ3) is 6.12. The molecular weight excluding hydrogens is 472 g/mol. The van der Waals surface area contributed by atoms with Crippen LogP contribution in [-0.2, 0) is 9.53 Å². The summed E-state index contributed by atoms with van der Waals surface area (Å²) in [6.07, 6.45) is 16.6. The number of hydrogen-bond donors (Lipinski definition) is 2. The Kier molecular flexibility index (Phi) is 9.56. The molecule has 1 unspecified atom stereocenters. The maximum Gasteiger partial charge on any atom is 0.407 e. The lowest BCUT2D eigenvalue weighted by Crippen LogP contribution is -2.51. The minimum Gasteiger partial charge on any atom is -0.446 e. The Morgan fingerprint density at radius 1 is 1.00 bits per heavy atom. The van der Waals surface area contributed by atoms with E-state index in [0.717, 1.165) is 54.8 Å². The van der Waals surface area contributed by atoms with Crippen LogP contribution in [0.4, 0.5) is 4.79 Å². The molecule has 2 amide bonds. The standard InChI is InChI=1S/C33H56N2O3/c1-7-30(36)34-19-20-35-31(37)38-25-15-17-32(5)24(21-25)11-12-26-28-14-13-27(23(4)10-8-9-22(2)3)33(28,6)18-16-29(26)32/h11,22-23,25-29H,7-10,12-21H2,1-6H3,(H,34,36)(H,35,37)/t23?,25-,26-,27+,28-,29-,32-,33+/m0/s1. The highest BCUT2D eigenvalue weighted by Gasteiger charge is 2.59. The quantitative estimate of drug-likeness (QED) is 0.226. The highest BCUT2D eigenvalue weighted by molar-refractivity contribution is 5.75. The maximum atomic E-state index is 12.4. The molecule has 0 heterocycles. The number of carbonyl (C=O) groups excluding carboxylic acids is 2. The zero-order chi connectivity index (χ0) is 27.5. The Hall–Kier alpha value is -1.52. The van der Waals surface area contributed by atoms with Gasteiger partial charge in [0, 0.05) is 25.9 Å². The van der Waals surface area contributed by atoms with Crippen LogP contribution in [0.3, 0.4) is 0 Å². The molecule has 4 aliphatic carbocycles. The largest absolute Gasteiger partial charge is 0.446 e. The predicted octanol–water partition coefficient (Wildman–Crippen LogP) is 7.65. The van der Waals surface area contributed by atoms with Crippen molar-refractivity contribution < 1.29 is 14.3 Å². The molecule has 216 valence electrons. The van der Waals surface area contributed by atoms with Crippen LogP contribution in [0.2, 0.25) is 0 Å². The van der Waals surface area contributed by atoms with Gasteiger partial charge in [0.1, 0.15) is 6.10 Å². The molecule has 0 aromatic heterocycles. The topological polar surface area (TPSA) is 67.4 Å². The number of rotatable bonds is 10. The fourth-order valence-corrected chi connectivity index (χ4v) is 9.44. The first-order chi connectivity index (χ1) is 18.1. The average Bonchev–Trinajstić information content (AvgIpc) is 3.23. The van der Waals surface area contributed by atoms with E-state index in [-0.39, 0.29) is 23.5 Å². The van der Waals surface area contributed by atoms with Gasteiger partial charge in [0.05, 0.1) is 0 Å².